The van der Waals surface area contributed by atoms with Gasteiger partial charge in [0, 0.05) is 25.2 Å². The number of carboxylic acid groups (broad SMARTS) is 1. The van der Waals surface area contributed by atoms with Gasteiger partial charge < -0.3 is 10.0 Å². The number of hydrogen-bond acceptors (Lipinski definition) is 5. The molecule has 0 aromatic carbocycles. The fourth-order valence-corrected chi connectivity index (χ4v) is 3.13. The largest absolute Gasteiger partial charge is 0.476 e. The molecule has 19 heavy (non-hydrogen) atoms. The number of likely N-dealkylation sites (N-methyl/N-ethyl adjacent to an activating group) is 1. The Morgan fingerprint density at radius 2 is 2.11 bits per heavy atom. The lowest BCUT2D eigenvalue weighted by Crippen LogP contribution is -2.37. The van der Waals surface area contributed by atoms with Gasteiger partial charge in [0.25, 0.3) is 0 Å². The Balaban J connectivity index is 1.82. The molecule has 2 atom stereocenters. The van der Waals surface area contributed by atoms with Gasteiger partial charge in [-0.3, -0.25) is 9.88 Å². The second kappa shape index (κ2) is 4.77. The second-order valence-corrected chi connectivity index (χ2v) is 5.35. The van der Waals surface area contributed by atoms with Crippen LogP contribution in [0.25, 0.3) is 0 Å². The van der Waals surface area contributed by atoms with Crippen molar-refractivity contribution in [1.82, 2.24) is 14.9 Å². The van der Waals surface area contributed by atoms with E-state index in [9.17, 15) is 4.79 Å². The van der Waals surface area contributed by atoms with Gasteiger partial charge in [-0.25, -0.2) is 9.78 Å². The Bertz CT molecular complexity index is 493. The number of carboxylic acids is 1. The Labute approximate surface area is 112 Å². The maximum absolute atomic E-state index is 11.0. The Kier molecular flexibility index (Phi) is 3.10. The zero-order valence-electron chi connectivity index (χ0n) is 11.0. The van der Waals surface area contributed by atoms with Gasteiger partial charge in [-0.2, -0.15) is 0 Å². The van der Waals surface area contributed by atoms with Gasteiger partial charge in [0.1, 0.15) is 5.82 Å². The molecule has 102 valence electrons. The summed E-state index contributed by atoms with van der Waals surface area (Å²) in [5.41, 5.74) is 0.0141. The molecule has 0 spiro atoms. The Hall–Kier alpha value is -1.69. The van der Waals surface area contributed by atoms with Gasteiger partial charge in [-0.15, -0.1) is 0 Å². The van der Waals surface area contributed by atoms with Crippen molar-refractivity contribution in [3.05, 3.63) is 18.1 Å². The molecule has 2 fully saturated rings. The van der Waals surface area contributed by atoms with Crippen molar-refractivity contribution in [2.75, 3.05) is 25.0 Å². The first-order valence-corrected chi connectivity index (χ1v) is 6.67. The van der Waals surface area contributed by atoms with E-state index in [0.29, 0.717) is 17.9 Å². The first-order chi connectivity index (χ1) is 9.15. The van der Waals surface area contributed by atoms with Crippen molar-refractivity contribution in [1.29, 1.82) is 0 Å². The molecule has 0 saturated carbocycles. The molecule has 2 bridgehead atoms. The molecule has 0 radical (unpaired) electrons. The zero-order chi connectivity index (χ0) is 13.4. The van der Waals surface area contributed by atoms with Crippen LogP contribution in [0.15, 0.2) is 12.4 Å². The highest BCUT2D eigenvalue weighted by molar-refractivity contribution is 5.85. The number of fused-ring (bicyclic) bond motifs is 2. The maximum Gasteiger partial charge on any atom is 0.356 e. The molecule has 0 amide bonds. The summed E-state index contributed by atoms with van der Waals surface area (Å²) < 4.78 is 0. The zero-order valence-corrected chi connectivity index (χ0v) is 11.0. The third-order valence-electron chi connectivity index (χ3n) is 4.31. The first kappa shape index (κ1) is 12.3. The first-order valence-electron chi connectivity index (χ1n) is 6.67. The molecule has 3 heterocycles. The lowest BCUT2D eigenvalue weighted by Gasteiger charge is -2.26. The second-order valence-electron chi connectivity index (χ2n) is 5.35. The van der Waals surface area contributed by atoms with Crippen LogP contribution < -0.4 is 4.90 Å². The summed E-state index contributed by atoms with van der Waals surface area (Å²) in [6, 6.07) is 1.20. The number of anilines is 1. The minimum absolute atomic E-state index is 0.0141. The van der Waals surface area contributed by atoms with E-state index in [2.05, 4.69) is 26.8 Å². The number of aromatic nitrogens is 2. The van der Waals surface area contributed by atoms with Gasteiger partial charge in [-0.05, 0) is 26.3 Å². The highest BCUT2D eigenvalue weighted by atomic mass is 16.4. The number of carbonyl (C=O) groups is 1. The summed E-state index contributed by atoms with van der Waals surface area (Å²) in [5, 5.41) is 8.98. The summed E-state index contributed by atoms with van der Waals surface area (Å²) in [7, 11) is 2.19. The fraction of sp³-hybridized carbons (Fsp3) is 0.615. The molecule has 2 aliphatic heterocycles. The van der Waals surface area contributed by atoms with Crippen molar-refractivity contribution in [3.8, 4) is 0 Å². The number of aromatic carboxylic acids is 1. The molecule has 6 heteroatoms. The van der Waals surface area contributed by atoms with E-state index in [1.807, 2.05) is 0 Å². The molecule has 3 rings (SSSR count). The Morgan fingerprint density at radius 3 is 2.89 bits per heavy atom. The lowest BCUT2D eigenvalue weighted by molar-refractivity contribution is 0.0690. The topological polar surface area (TPSA) is 69.6 Å². The van der Waals surface area contributed by atoms with Crippen LogP contribution in [0, 0.1) is 0 Å². The van der Waals surface area contributed by atoms with Crippen LogP contribution in [0.1, 0.15) is 29.8 Å². The van der Waals surface area contributed by atoms with Crippen LogP contribution in [0.5, 0.6) is 0 Å². The number of hydrogen-bond donors (Lipinski definition) is 1. The highest BCUT2D eigenvalue weighted by Crippen LogP contribution is 2.29. The van der Waals surface area contributed by atoms with Crippen molar-refractivity contribution in [3.63, 3.8) is 0 Å². The third-order valence-corrected chi connectivity index (χ3v) is 4.31. The number of nitrogens with zero attached hydrogens (tertiary/aromatic N) is 4. The summed E-state index contributed by atoms with van der Waals surface area (Å²) >= 11 is 0. The van der Waals surface area contributed by atoms with E-state index in [4.69, 9.17) is 5.11 Å². The third kappa shape index (κ3) is 2.28. The number of rotatable bonds is 2. The SMILES string of the molecule is CN1C2CCC1CN(c1cncc(C(=O)O)n1)CC2. The standard InChI is InChI=1S/C13H18N4O2/c1-16-9-2-3-10(16)8-17(5-4-9)12-7-14-6-11(15-12)13(18)19/h6-7,9-10H,2-5,8H2,1H3,(H,18,19). The van der Waals surface area contributed by atoms with Crippen LogP contribution in [0.4, 0.5) is 5.82 Å². The smallest absolute Gasteiger partial charge is 0.356 e. The molecule has 2 saturated heterocycles. The van der Waals surface area contributed by atoms with E-state index >= 15 is 0 Å². The molecule has 1 aromatic heterocycles. The summed E-state index contributed by atoms with van der Waals surface area (Å²) in [4.78, 5) is 23.8. The van der Waals surface area contributed by atoms with Crippen LogP contribution >= 0.6 is 0 Å². The summed E-state index contributed by atoms with van der Waals surface area (Å²) in [6.45, 7) is 1.83. The van der Waals surface area contributed by atoms with Crippen LogP contribution in [0.2, 0.25) is 0 Å². The molecular weight excluding hydrogens is 244 g/mol. The van der Waals surface area contributed by atoms with Gasteiger partial charge in [0.2, 0.25) is 0 Å². The molecule has 6 nitrogen and oxygen atoms in total. The average Bonchev–Trinajstić information content (AvgIpc) is 2.63. The van der Waals surface area contributed by atoms with E-state index in [1.165, 1.54) is 19.0 Å². The van der Waals surface area contributed by atoms with E-state index in [1.54, 1.807) is 6.20 Å². The predicted octanol–water partition coefficient (Wildman–Crippen LogP) is 0.848. The quantitative estimate of drug-likeness (QED) is 0.852. The molecule has 2 unspecified atom stereocenters. The predicted molar refractivity (Wildman–Crippen MR) is 70.4 cm³/mol. The molecule has 2 aliphatic rings. The van der Waals surface area contributed by atoms with E-state index in [-0.39, 0.29) is 5.69 Å². The maximum atomic E-state index is 11.0. The molecule has 1 N–H and O–H groups in total. The summed E-state index contributed by atoms with van der Waals surface area (Å²) in [5.74, 6) is -0.344. The van der Waals surface area contributed by atoms with Gasteiger partial charge in [0.05, 0.1) is 12.4 Å². The molecule has 0 aliphatic carbocycles. The van der Waals surface area contributed by atoms with E-state index < -0.39 is 5.97 Å². The minimum atomic E-state index is -1.03. The van der Waals surface area contributed by atoms with Gasteiger partial charge in [-0.1, -0.05) is 0 Å². The van der Waals surface area contributed by atoms with Crippen LogP contribution in [0.3, 0.4) is 0 Å². The van der Waals surface area contributed by atoms with Crippen LogP contribution in [-0.4, -0.2) is 58.2 Å². The monoisotopic (exact) mass is 262 g/mol. The summed E-state index contributed by atoms with van der Waals surface area (Å²) in [6.07, 6.45) is 6.54. The van der Waals surface area contributed by atoms with Crippen molar-refractivity contribution in [2.24, 2.45) is 0 Å². The highest BCUT2D eigenvalue weighted by Gasteiger charge is 2.35. The normalized spacial score (nSPS) is 27.3. The Morgan fingerprint density at radius 1 is 1.32 bits per heavy atom. The minimum Gasteiger partial charge on any atom is -0.476 e. The van der Waals surface area contributed by atoms with E-state index in [0.717, 1.165) is 19.5 Å². The average molecular weight is 262 g/mol. The van der Waals surface area contributed by atoms with Crippen LogP contribution in [-0.2, 0) is 0 Å². The van der Waals surface area contributed by atoms with Gasteiger partial charge >= 0.3 is 5.97 Å². The fourth-order valence-electron chi connectivity index (χ4n) is 3.13. The van der Waals surface area contributed by atoms with Crippen molar-refractivity contribution >= 4 is 11.8 Å². The van der Waals surface area contributed by atoms with Crippen molar-refractivity contribution in [2.45, 2.75) is 31.3 Å². The molecule has 1 aromatic rings. The lowest BCUT2D eigenvalue weighted by atomic mass is 10.1. The molecular formula is C13H18N4O2. The van der Waals surface area contributed by atoms with Crippen molar-refractivity contribution < 1.29 is 9.90 Å². The van der Waals surface area contributed by atoms with Gasteiger partial charge in [0.15, 0.2) is 5.69 Å².